The van der Waals surface area contributed by atoms with Gasteiger partial charge in [-0.3, -0.25) is 0 Å². The maximum Gasteiger partial charge on any atom is 2.00 e. The second kappa shape index (κ2) is 22.5. The van der Waals surface area contributed by atoms with Crippen LogP contribution >= 0.6 is 0 Å². The van der Waals surface area contributed by atoms with Crippen LogP contribution in [0.3, 0.4) is 0 Å². The Balaban J connectivity index is -0.0000000389. The summed E-state index contributed by atoms with van der Waals surface area (Å²) in [5.41, 5.74) is 0. The molecule has 0 aromatic carbocycles. The van der Waals surface area contributed by atoms with Crippen molar-refractivity contribution in [2.75, 3.05) is 6.61 Å². The molecule has 10 heteroatoms. The minimum atomic E-state index is -1.75. The van der Waals surface area contributed by atoms with E-state index in [0.717, 1.165) is 0 Å². The second-order valence-corrected chi connectivity index (χ2v) is 0.763. The third-order valence-corrected chi connectivity index (χ3v) is 0. The van der Waals surface area contributed by atoms with E-state index in [2.05, 4.69) is 0 Å². The predicted octanol–water partition coefficient (Wildman–Crippen LogP) is -0.482. The monoisotopic (exact) mass is 233 g/mol. The van der Waals surface area contributed by atoms with Crippen LogP contribution in [0.4, 0.5) is 0 Å². The molecule has 0 bridgehead atoms. The van der Waals surface area contributed by atoms with E-state index in [-0.39, 0.29) is 23.7 Å². The Bertz CT molecular complexity index is 87.6. The summed E-state index contributed by atoms with van der Waals surface area (Å²) >= 11 is 0. The van der Waals surface area contributed by atoms with Gasteiger partial charge < -0.3 is 35.7 Å². The van der Waals surface area contributed by atoms with Crippen molar-refractivity contribution in [2.45, 2.75) is 6.92 Å². The second-order valence-electron chi connectivity index (χ2n) is 0.763. The van der Waals surface area contributed by atoms with Crippen molar-refractivity contribution in [3.05, 3.63) is 30.6 Å². The third-order valence-electron chi connectivity index (χ3n) is 0. The van der Waals surface area contributed by atoms with Gasteiger partial charge in [0, 0.05) is 6.61 Å². The van der Waals surface area contributed by atoms with Crippen LogP contribution in [-0.4, -0.2) is 21.9 Å². The van der Waals surface area contributed by atoms with Crippen molar-refractivity contribution < 1.29 is 32.3 Å². The van der Waals surface area contributed by atoms with Gasteiger partial charge in [-0.05, 0) is 6.92 Å². The maximum atomic E-state index is 8.25. The minimum absolute atomic E-state index is 0. The number of aliphatic hydroxyl groups excluding tert-OH is 1. The molecule has 9 nitrogen and oxygen atoms in total. The SMILES string of the molecule is CCO.O=[N+]([O-])[O-].O=[N+]([O-])[O-].[Cu+2]. The van der Waals surface area contributed by atoms with Gasteiger partial charge in [0.15, 0.2) is 0 Å². The molecule has 0 unspecified atom stereocenters. The quantitative estimate of drug-likeness (QED) is 0.337. The van der Waals surface area contributed by atoms with E-state index in [0.29, 0.717) is 0 Å². The molecular formula is C2H6CuN2O7. The van der Waals surface area contributed by atoms with Crippen molar-refractivity contribution in [1.29, 1.82) is 0 Å². The molecule has 0 heterocycles. The number of nitrogens with zero attached hydrogens (tertiary/aromatic N) is 2. The van der Waals surface area contributed by atoms with Crippen molar-refractivity contribution >= 4 is 0 Å². The Hall–Kier alpha value is -1.12. The van der Waals surface area contributed by atoms with E-state index >= 15 is 0 Å². The normalized spacial score (nSPS) is 5.50. The summed E-state index contributed by atoms with van der Waals surface area (Å²) in [4.78, 5) is 16.5. The van der Waals surface area contributed by atoms with Gasteiger partial charge in [-0.15, -0.1) is 0 Å². The van der Waals surface area contributed by atoms with Gasteiger partial charge >= 0.3 is 17.1 Å². The molecule has 77 valence electrons. The fourth-order valence-electron chi connectivity index (χ4n) is 0. The van der Waals surface area contributed by atoms with Crippen molar-refractivity contribution in [3.63, 3.8) is 0 Å². The Morgan fingerprint density at radius 3 is 1.08 bits per heavy atom. The van der Waals surface area contributed by atoms with Gasteiger partial charge in [0.25, 0.3) is 0 Å². The first-order valence-electron chi connectivity index (χ1n) is 2.12. The summed E-state index contributed by atoms with van der Waals surface area (Å²) in [5.74, 6) is 0. The van der Waals surface area contributed by atoms with Crippen LogP contribution in [0.2, 0.25) is 0 Å². The average Bonchev–Trinajstić information content (AvgIpc) is 1.60. The van der Waals surface area contributed by atoms with Gasteiger partial charge in [0.05, 0.1) is 10.2 Å². The van der Waals surface area contributed by atoms with E-state index in [1.165, 1.54) is 0 Å². The first-order chi connectivity index (χ1) is 4.88. The van der Waals surface area contributed by atoms with E-state index in [1.807, 2.05) is 0 Å². The number of hydrogen-bond acceptors (Lipinski definition) is 7. The van der Waals surface area contributed by atoms with Crippen LogP contribution in [0.15, 0.2) is 0 Å². The molecule has 0 spiro atoms. The van der Waals surface area contributed by atoms with Crippen molar-refractivity contribution in [1.82, 2.24) is 0 Å². The smallest absolute Gasteiger partial charge is 0.397 e. The van der Waals surface area contributed by atoms with Crippen molar-refractivity contribution in [3.8, 4) is 0 Å². The van der Waals surface area contributed by atoms with Crippen LogP contribution < -0.4 is 0 Å². The first-order valence-corrected chi connectivity index (χ1v) is 2.12. The summed E-state index contributed by atoms with van der Waals surface area (Å²) in [5, 5.41) is 37.1. The molecule has 12 heavy (non-hydrogen) atoms. The molecule has 0 atom stereocenters. The molecule has 0 aromatic heterocycles. The molecule has 1 N–H and O–H groups in total. The molecule has 0 aliphatic heterocycles. The molecule has 0 fully saturated rings. The van der Waals surface area contributed by atoms with E-state index in [9.17, 15) is 0 Å². The zero-order chi connectivity index (χ0) is 9.86. The van der Waals surface area contributed by atoms with E-state index in [4.69, 9.17) is 35.7 Å². The van der Waals surface area contributed by atoms with Crippen molar-refractivity contribution in [2.24, 2.45) is 0 Å². The zero-order valence-electron chi connectivity index (χ0n) is 5.80. The summed E-state index contributed by atoms with van der Waals surface area (Å²) in [6.45, 7) is 1.93. The summed E-state index contributed by atoms with van der Waals surface area (Å²) in [7, 11) is 0. The number of hydrogen-bond donors (Lipinski definition) is 1. The van der Waals surface area contributed by atoms with Gasteiger partial charge in [0.1, 0.15) is 0 Å². The van der Waals surface area contributed by atoms with Gasteiger partial charge in [0.2, 0.25) is 0 Å². The van der Waals surface area contributed by atoms with E-state index in [1.54, 1.807) is 6.92 Å². The first kappa shape index (κ1) is 22.4. The molecule has 0 saturated heterocycles. The van der Waals surface area contributed by atoms with Crippen LogP contribution in [-0.2, 0) is 17.1 Å². The Labute approximate surface area is 77.3 Å². The summed E-state index contributed by atoms with van der Waals surface area (Å²) < 4.78 is 0. The predicted molar refractivity (Wildman–Crippen MR) is 33.5 cm³/mol. The zero-order valence-corrected chi connectivity index (χ0v) is 6.74. The number of rotatable bonds is 0. The minimum Gasteiger partial charge on any atom is -0.397 e. The molecule has 0 aromatic rings. The largest absolute Gasteiger partial charge is 2.00 e. The average molecular weight is 234 g/mol. The molecule has 1 radical (unpaired) electrons. The fraction of sp³-hybridized carbons (Fsp3) is 1.00. The van der Waals surface area contributed by atoms with Gasteiger partial charge in [-0.25, -0.2) is 0 Å². The molecule has 0 amide bonds. The summed E-state index contributed by atoms with van der Waals surface area (Å²) in [6, 6.07) is 0. The summed E-state index contributed by atoms with van der Waals surface area (Å²) in [6.07, 6.45) is 0. The Kier molecular flexibility index (Phi) is 42.1. The van der Waals surface area contributed by atoms with Crippen LogP contribution in [0, 0.1) is 30.6 Å². The van der Waals surface area contributed by atoms with E-state index < -0.39 is 10.2 Å². The van der Waals surface area contributed by atoms with Crippen LogP contribution in [0.5, 0.6) is 0 Å². The van der Waals surface area contributed by atoms with Crippen LogP contribution in [0.1, 0.15) is 6.92 Å². The molecule has 0 aliphatic carbocycles. The van der Waals surface area contributed by atoms with Gasteiger partial charge in [-0.2, -0.15) is 0 Å². The third kappa shape index (κ3) is 439. The molecule has 0 saturated carbocycles. The standard InChI is InChI=1S/C2H6O.Cu.2NO3/c1-2-3;;2*2-1(3)4/h3H,2H2,1H3;;;/q;+2;2*-1. The Morgan fingerprint density at radius 2 is 1.08 bits per heavy atom. The number of aliphatic hydroxyl groups is 1. The van der Waals surface area contributed by atoms with Crippen LogP contribution in [0.25, 0.3) is 0 Å². The molecule has 0 rings (SSSR count). The fourth-order valence-corrected chi connectivity index (χ4v) is 0. The molecule has 0 aliphatic rings. The topological polar surface area (TPSA) is 153 Å². The maximum absolute atomic E-state index is 8.25. The molecular weight excluding hydrogens is 228 g/mol. The Morgan fingerprint density at radius 1 is 1.08 bits per heavy atom. The van der Waals surface area contributed by atoms with Gasteiger partial charge in [-0.1, -0.05) is 0 Å².